The first-order valence-corrected chi connectivity index (χ1v) is 5.84. The summed E-state index contributed by atoms with van der Waals surface area (Å²) in [6.45, 7) is 6.23. The van der Waals surface area contributed by atoms with E-state index in [1.54, 1.807) is 12.1 Å². The maximum atomic E-state index is 12.9. The summed E-state index contributed by atoms with van der Waals surface area (Å²) in [6, 6.07) is 4.19. The standard InChI is InChI=1S/C13H13ClFN3/c1-3-6-18-8-9(2)16-13(18)17-12-5-4-10(15)7-11(12)14/h3-5,7-8H,1,6H2,2H3,(H,16,17). The fraction of sp³-hybridized carbons (Fsp3) is 0.154. The van der Waals surface area contributed by atoms with Crippen molar-refractivity contribution in [3.63, 3.8) is 0 Å². The van der Waals surface area contributed by atoms with Crippen molar-refractivity contribution < 1.29 is 4.39 Å². The molecule has 0 aliphatic rings. The van der Waals surface area contributed by atoms with Crippen LogP contribution in [0.25, 0.3) is 0 Å². The number of rotatable bonds is 4. The molecule has 1 aromatic heterocycles. The van der Waals surface area contributed by atoms with E-state index >= 15 is 0 Å². The molecular weight excluding hydrogens is 253 g/mol. The van der Waals surface area contributed by atoms with Crippen molar-refractivity contribution in [2.24, 2.45) is 0 Å². The predicted molar refractivity (Wildman–Crippen MR) is 71.9 cm³/mol. The topological polar surface area (TPSA) is 29.9 Å². The maximum absolute atomic E-state index is 12.9. The Morgan fingerprint density at radius 2 is 2.33 bits per heavy atom. The second-order valence-corrected chi connectivity index (χ2v) is 4.30. The molecule has 0 saturated carbocycles. The first-order chi connectivity index (χ1) is 8.60. The van der Waals surface area contributed by atoms with E-state index in [2.05, 4.69) is 16.9 Å². The van der Waals surface area contributed by atoms with Gasteiger partial charge in [-0.15, -0.1) is 6.58 Å². The van der Waals surface area contributed by atoms with Gasteiger partial charge in [0.05, 0.1) is 16.4 Å². The largest absolute Gasteiger partial charge is 0.324 e. The Morgan fingerprint density at radius 1 is 1.56 bits per heavy atom. The molecule has 18 heavy (non-hydrogen) atoms. The Bertz CT molecular complexity index is 578. The van der Waals surface area contributed by atoms with Gasteiger partial charge < -0.3 is 9.88 Å². The minimum Gasteiger partial charge on any atom is -0.324 e. The maximum Gasteiger partial charge on any atom is 0.207 e. The number of aromatic nitrogens is 2. The summed E-state index contributed by atoms with van der Waals surface area (Å²) in [4.78, 5) is 4.34. The van der Waals surface area contributed by atoms with Crippen LogP contribution in [0, 0.1) is 12.7 Å². The molecule has 0 fully saturated rings. The van der Waals surface area contributed by atoms with E-state index in [1.165, 1.54) is 12.1 Å². The number of hydrogen-bond donors (Lipinski definition) is 1. The Morgan fingerprint density at radius 3 is 3.00 bits per heavy atom. The van der Waals surface area contributed by atoms with Gasteiger partial charge >= 0.3 is 0 Å². The first-order valence-electron chi connectivity index (χ1n) is 5.47. The number of allylic oxidation sites excluding steroid dienone is 1. The molecule has 1 aromatic carbocycles. The van der Waals surface area contributed by atoms with Crippen LogP contribution in [-0.4, -0.2) is 9.55 Å². The van der Waals surface area contributed by atoms with E-state index in [0.717, 1.165) is 5.69 Å². The lowest BCUT2D eigenvalue weighted by Crippen LogP contribution is -2.02. The highest BCUT2D eigenvalue weighted by Crippen LogP contribution is 2.25. The van der Waals surface area contributed by atoms with Gasteiger partial charge in [0.25, 0.3) is 0 Å². The Kier molecular flexibility index (Phi) is 3.67. The molecule has 2 aromatic rings. The lowest BCUT2D eigenvalue weighted by molar-refractivity contribution is 0.628. The highest BCUT2D eigenvalue weighted by Gasteiger charge is 2.07. The Hall–Kier alpha value is -1.81. The Balaban J connectivity index is 2.30. The second kappa shape index (κ2) is 5.23. The number of aryl methyl sites for hydroxylation is 1. The summed E-state index contributed by atoms with van der Waals surface area (Å²) in [6.07, 6.45) is 3.68. The van der Waals surface area contributed by atoms with Crippen LogP contribution in [0.2, 0.25) is 5.02 Å². The molecule has 1 heterocycles. The second-order valence-electron chi connectivity index (χ2n) is 3.90. The molecular formula is C13H13ClFN3. The molecule has 0 aliphatic carbocycles. The third-order valence-corrected chi connectivity index (χ3v) is 2.71. The fourth-order valence-corrected chi connectivity index (χ4v) is 1.85. The van der Waals surface area contributed by atoms with Gasteiger partial charge in [-0.1, -0.05) is 17.7 Å². The van der Waals surface area contributed by atoms with Gasteiger partial charge in [0.15, 0.2) is 0 Å². The zero-order valence-electron chi connectivity index (χ0n) is 9.95. The van der Waals surface area contributed by atoms with Crippen molar-refractivity contribution >= 4 is 23.2 Å². The normalized spacial score (nSPS) is 10.4. The van der Waals surface area contributed by atoms with Crippen molar-refractivity contribution in [1.82, 2.24) is 9.55 Å². The van der Waals surface area contributed by atoms with Crippen molar-refractivity contribution in [2.45, 2.75) is 13.5 Å². The number of anilines is 2. The fourth-order valence-electron chi connectivity index (χ4n) is 1.64. The average Bonchev–Trinajstić information content (AvgIpc) is 2.64. The van der Waals surface area contributed by atoms with E-state index in [-0.39, 0.29) is 5.82 Å². The van der Waals surface area contributed by atoms with E-state index in [0.29, 0.717) is 23.2 Å². The van der Waals surface area contributed by atoms with Gasteiger partial charge in [-0.25, -0.2) is 9.37 Å². The molecule has 5 heteroatoms. The number of imidazole rings is 1. The molecule has 0 aliphatic heterocycles. The number of hydrogen-bond acceptors (Lipinski definition) is 2. The summed E-state index contributed by atoms with van der Waals surface area (Å²) in [5, 5.41) is 3.40. The lowest BCUT2D eigenvalue weighted by atomic mass is 10.3. The zero-order valence-corrected chi connectivity index (χ0v) is 10.7. The van der Waals surface area contributed by atoms with Crippen molar-refractivity contribution in [1.29, 1.82) is 0 Å². The highest BCUT2D eigenvalue weighted by molar-refractivity contribution is 6.33. The highest BCUT2D eigenvalue weighted by atomic mass is 35.5. The molecule has 3 nitrogen and oxygen atoms in total. The van der Waals surface area contributed by atoms with E-state index in [9.17, 15) is 4.39 Å². The molecule has 0 radical (unpaired) electrons. The molecule has 1 N–H and O–H groups in total. The number of benzene rings is 1. The molecule has 0 atom stereocenters. The zero-order chi connectivity index (χ0) is 13.1. The molecule has 94 valence electrons. The van der Waals surface area contributed by atoms with E-state index in [1.807, 2.05) is 17.7 Å². The van der Waals surface area contributed by atoms with Crippen molar-refractivity contribution in [3.05, 3.63) is 53.6 Å². The van der Waals surface area contributed by atoms with E-state index < -0.39 is 0 Å². The van der Waals surface area contributed by atoms with Crippen LogP contribution in [0.15, 0.2) is 37.1 Å². The van der Waals surface area contributed by atoms with Crippen molar-refractivity contribution in [3.8, 4) is 0 Å². The number of nitrogens with one attached hydrogen (secondary N) is 1. The average molecular weight is 266 g/mol. The molecule has 0 bridgehead atoms. The molecule has 0 unspecified atom stereocenters. The lowest BCUT2D eigenvalue weighted by Gasteiger charge is -2.09. The predicted octanol–water partition coefficient (Wildman–Crippen LogP) is 3.91. The smallest absolute Gasteiger partial charge is 0.207 e. The van der Waals surface area contributed by atoms with E-state index in [4.69, 9.17) is 11.6 Å². The van der Waals surface area contributed by atoms with Gasteiger partial charge in [0.1, 0.15) is 5.82 Å². The summed E-state index contributed by atoms with van der Waals surface area (Å²) in [7, 11) is 0. The summed E-state index contributed by atoms with van der Waals surface area (Å²) in [5.41, 5.74) is 1.51. The Labute approximate surface area is 110 Å². The first kappa shape index (κ1) is 12.6. The molecule has 0 amide bonds. The SMILES string of the molecule is C=CCn1cc(C)nc1Nc1ccc(F)cc1Cl. The van der Waals surface area contributed by atoms with Crippen molar-refractivity contribution in [2.75, 3.05) is 5.32 Å². The van der Waals surface area contributed by atoms with Gasteiger partial charge in [-0.05, 0) is 25.1 Å². The van der Waals surface area contributed by atoms with Crippen LogP contribution >= 0.6 is 11.6 Å². The monoisotopic (exact) mass is 265 g/mol. The van der Waals surface area contributed by atoms with Gasteiger partial charge in [-0.2, -0.15) is 0 Å². The van der Waals surface area contributed by atoms with Crippen LogP contribution < -0.4 is 5.32 Å². The van der Waals surface area contributed by atoms with Crippen LogP contribution in [0.4, 0.5) is 16.0 Å². The third-order valence-electron chi connectivity index (χ3n) is 2.40. The molecule has 2 rings (SSSR count). The van der Waals surface area contributed by atoms with Crippen LogP contribution in [-0.2, 0) is 6.54 Å². The minimum atomic E-state index is -0.365. The molecule has 0 spiro atoms. The van der Waals surface area contributed by atoms with Crippen LogP contribution in [0.1, 0.15) is 5.69 Å². The van der Waals surface area contributed by atoms with Gasteiger partial charge in [0.2, 0.25) is 5.95 Å². The summed E-state index contributed by atoms with van der Waals surface area (Å²) in [5.74, 6) is 0.289. The number of nitrogens with zero attached hydrogens (tertiary/aromatic N) is 2. The quantitative estimate of drug-likeness (QED) is 0.850. The van der Waals surface area contributed by atoms with Crippen LogP contribution in [0.3, 0.4) is 0 Å². The summed E-state index contributed by atoms with van der Waals surface area (Å²) >= 11 is 5.96. The minimum absolute atomic E-state index is 0.320. The summed E-state index contributed by atoms with van der Waals surface area (Å²) < 4.78 is 14.8. The van der Waals surface area contributed by atoms with Gasteiger partial charge in [-0.3, -0.25) is 0 Å². The van der Waals surface area contributed by atoms with Gasteiger partial charge in [0, 0.05) is 12.7 Å². The van der Waals surface area contributed by atoms with Crippen LogP contribution in [0.5, 0.6) is 0 Å². The molecule has 0 saturated heterocycles. The third kappa shape index (κ3) is 2.71. The number of halogens is 2.